The second-order valence-electron chi connectivity index (χ2n) is 5.77. The first kappa shape index (κ1) is 8.57. The Kier molecular flexibility index (Phi) is 1.58. The molecular weight excluding hydrogens is 188 g/mol. The summed E-state index contributed by atoms with van der Waals surface area (Å²) in [6.07, 6.45) is 5.47. The average molecular weight is 206 g/mol. The summed E-state index contributed by atoms with van der Waals surface area (Å²) < 4.78 is 0. The number of amides is 1. The van der Waals surface area contributed by atoms with Gasteiger partial charge in [0.25, 0.3) is 0 Å². The van der Waals surface area contributed by atoms with Crippen molar-refractivity contribution in [1.82, 2.24) is 10.2 Å². The molecule has 0 aromatic rings. The van der Waals surface area contributed by atoms with Crippen LogP contribution in [0.2, 0.25) is 0 Å². The van der Waals surface area contributed by atoms with Gasteiger partial charge in [-0.25, -0.2) is 0 Å². The van der Waals surface area contributed by atoms with Crippen molar-refractivity contribution in [2.45, 2.75) is 37.8 Å². The summed E-state index contributed by atoms with van der Waals surface area (Å²) in [4.78, 5) is 14.3. The quantitative estimate of drug-likeness (QED) is 0.629. The van der Waals surface area contributed by atoms with Gasteiger partial charge < -0.3 is 5.32 Å². The summed E-state index contributed by atoms with van der Waals surface area (Å²) in [5.41, 5.74) is 0. The topological polar surface area (TPSA) is 32.3 Å². The van der Waals surface area contributed by atoms with Crippen molar-refractivity contribution in [3.63, 3.8) is 0 Å². The van der Waals surface area contributed by atoms with Gasteiger partial charge in [-0.05, 0) is 43.4 Å². The summed E-state index contributed by atoms with van der Waals surface area (Å²) in [7, 11) is 0. The molecule has 4 fully saturated rings. The van der Waals surface area contributed by atoms with E-state index in [2.05, 4.69) is 10.2 Å². The highest BCUT2D eigenvalue weighted by atomic mass is 16.2. The number of nitrogens with zero attached hydrogens (tertiary/aromatic N) is 1. The lowest BCUT2D eigenvalue weighted by atomic mass is 9.84. The lowest BCUT2D eigenvalue weighted by Gasteiger charge is -2.36. The highest BCUT2D eigenvalue weighted by Crippen LogP contribution is 2.56. The van der Waals surface area contributed by atoms with Crippen molar-refractivity contribution in [3.05, 3.63) is 0 Å². The third kappa shape index (κ3) is 0.975. The third-order valence-corrected chi connectivity index (χ3v) is 5.29. The van der Waals surface area contributed by atoms with Crippen LogP contribution in [0.4, 0.5) is 0 Å². The van der Waals surface area contributed by atoms with Crippen LogP contribution in [0.3, 0.4) is 0 Å². The Morgan fingerprint density at radius 1 is 1.20 bits per heavy atom. The normalized spacial score (nSPS) is 52.8. The van der Waals surface area contributed by atoms with Crippen molar-refractivity contribution in [1.29, 1.82) is 0 Å². The zero-order valence-corrected chi connectivity index (χ0v) is 8.98. The van der Waals surface area contributed by atoms with Crippen LogP contribution in [0.15, 0.2) is 0 Å². The number of piperazine rings is 1. The number of carbonyl (C=O) groups excluding carboxylic acids is 1. The SMILES string of the molecule is O=C1NCCN2C1CC1C2[C@@H]2CC[C@H]1C2. The molecule has 4 rings (SSSR count). The fraction of sp³-hybridized carbons (Fsp3) is 0.917. The molecule has 3 unspecified atom stereocenters. The van der Waals surface area contributed by atoms with E-state index in [1.807, 2.05) is 0 Å². The molecule has 2 bridgehead atoms. The van der Waals surface area contributed by atoms with Gasteiger partial charge in [-0.3, -0.25) is 9.69 Å². The van der Waals surface area contributed by atoms with Gasteiger partial charge in [0.1, 0.15) is 0 Å². The van der Waals surface area contributed by atoms with E-state index in [4.69, 9.17) is 0 Å². The van der Waals surface area contributed by atoms with Crippen LogP contribution in [0.1, 0.15) is 25.7 Å². The van der Waals surface area contributed by atoms with Crippen LogP contribution in [-0.4, -0.2) is 36.0 Å². The van der Waals surface area contributed by atoms with Gasteiger partial charge in [0, 0.05) is 19.1 Å². The van der Waals surface area contributed by atoms with Crippen LogP contribution in [0.25, 0.3) is 0 Å². The molecule has 1 amide bonds. The summed E-state index contributed by atoms with van der Waals surface area (Å²) in [5, 5.41) is 3.01. The molecule has 2 aliphatic heterocycles. The van der Waals surface area contributed by atoms with Gasteiger partial charge in [-0.1, -0.05) is 0 Å². The number of nitrogens with one attached hydrogen (secondary N) is 1. The van der Waals surface area contributed by atoms with E-state index in [1.165, 1.54) is 19.3 Å². The molecule has 15 heavy (non-hydrogen) atoms. The Balaban J connectivity index is 1.68. The molecule has 0 aromatic heterocycles. The standard InChI is InChI=1S/C12H18N2O/c15-12-10-6-9-7-1-2-8(5-7)11(9)14(10)4-3-13-12/h7-11H,1-6H2,(H,13,15)/t7-,8+,9?,10?,11?/m0/s1. The van der Waals surface area contributed by atoms with Crippen LogP contribution in [0, 0.1) is 17.8 Å². The fourth-order valence-electron chi connectivity index (χ4n) is 4.82. The van der Waals surface area contributed by atoms with Crippen LogP contribution in [-0.2, 0) is 4.79 Å². The Morgan fingerprint density at radius 2 is 2.07 bits per heavy atom. The first-order valence-electron chi connectivity index (χ1n) is 6.38. The van der Waals surface area contributed by atoms with E-state index in [-0.39, 0.29) is 6.04 Å². The maximum atomic E-state index is 11.8. The summed E-state index contributed by atoms with van der Waals surface area (Å²) in [6.45, 7) is 1.97. The Labute approximate surface area is 90.2 Å². The number of fused-ring (bicyclic) bond motifs is 7. The molecule has 3 heteroatoms. The second kappa shape index (κ2) is 2.76. The van der Waals surface area contributed by atoms with Crippen molar-refractivity contribution < 1.29 is 4.79 Å². The Hall–Kier alpha value is -0.570. The van der Waals surface area contributed by atoms with E-state index < -0.39 is 0 Å². The Bertz CT molecular complexity index is 317. The van der Waals surface area contributed by atoms with E-state index in [9.17, 15) is 4.79 Å². The van der Waals surface area contributed by atoms with Crippen LogP contribution < -0.4 is 5.32 Å². The van der Waals surface area contributed by atoms with E-state index >= 15 is 0 Å². The van der Waals surface area contributed by atoms with Crippen molar-refractivity contribution in [2.24, 2.45) is 17.8 Å². The number of rotatable bonds is 0. The predicted octanol–water partition coefficient (Wildman–Crippen LogP) is 0.605. The van der Waals surface area contributed by atoms with E-state index in [0.717, 1.165) is 43.3 Å². The summed E-state index contributed by atoms with van der Waals surface area (Å²) >= 11 is 0. The highest BCUT2D eigenvalue weighted by Gasteiger charge is 2.57. The van der Waals surface area contributed by atoms with Gasteiger partial charge in [0.05, 0.1) is 6.04 Å². The van der Waals surface area contributed by atoms with Gasteiger partial charge in [0.15, 0.2) is 0 Å². The minimum absolute atomic E-state index is 0.233. The maximum Gasteiger partial charge on any atom is 0.237 e. The molecule has 1 N–H and O–H groups in total. The van der Waals surface area contributed by atoms with Crippen LogP contribution in [0.5, 0.6) is 0 Å². The zero-order valence-electron chi connectivity index (χ0n) is 8.98. The van der Waals surface area contributed by atoms with Gasteiger partial charge in [0.2, 0.25) is 5.91 Å². The minimum Gasteiger partial charge on any atom is -0.353 e. The van der Waals surface area contributed by atoms with Gasteiger partial charge >= 0.3 is 0 Å². The van der Waals surface area contributed by atoms with Crippen molar-refractivity contribution in [3.8, 4) is 0 Å². The number of carbonyl (C=O) groups is 1. The largest absolute Gasteiger partial charge is 0.353 e. The van der Waals surface area contributed by atoms with Gasteiger partial charge in [-0.15, -0.1) is 0 Å². The van der Waals surface area contributed by atoms with Gasteiger partial charge in [-0.2, -0.15) is 0 Å². The fourth-order valence-corrected chi connectivity index (χ4v) is 4.82. The molecule has 4 aliphatic rings. The Morgan fingerprint density at radius 3 is 3.00 bits per heavy atom. The summed E-state index contributed by atoms with van der Waals surface area (Å²) in [5.74, 6) is 3.04. The molecule has 2 heterocycles. The van der Waals surface area contributed by atoms with E-state index in [1.54, 1.807) is 0 Å². The summed E-state index contributed by atoms with van der Waals surface area (Å²) in [6, 6.07) is 1.01. The molecular formula is C12H18N2O. The molecule has 2 saturated heterocycles. The van der Waals surface area contributed by atoms with E-state index in [0.29, 0.717) is 5.91 Å². The third-order valence-electron chi connectivity index (χ3n) is 5.29. The lowest BCUT2D eigenvalue weighted by Crippen LogP contribution is -2.55. The molecule has 0 spiro atoms. The first-order chi connectivity index (χ1) is 7.34. The molecule has 0 aromatic carbocycles. The molecule has 82 valence electrons. The van der Waals surface area contributed by atoms with Crippen LogP contribution >= 0.6 is 0 Å². The highest BCUT2D eigenvalue weighted by molar-refractivity contribution is 5.83. The molecule has 5 atom stereocenters. The monoisotopic (exact) mass is 206 g/mol. The number of hydrogen-bond acceptors (Lipinski definition) is 2. The maximum absolute atomic E-state index is 11.8. The molecule has 0 radical (unpaired) electrons. The number of hydrogen-bond donors (Lipinski definition) is 1. The average Bonchev–Trinajstić information content (AvgIpc) is 2.87. The second-order valence-corrected chi connectivity index (χ2v) is 5.77. The van der Waals surface area contributed by atoms with Crippen molar-refractivity contribution >= 4 is 5.91 Å². The predicted molar refractivity (Wildman–Crippen MR) is 56.2 cm³/mol. The minimum atomic E-state index is 0.233. The molecule has 2 aliphatic carbocycles. The zero-order chi connectivity index (χ0) is 9.99. The first-order valence-corrected chi connectivity index (χ1v) is 6.38. The lowest BCUT2D eigenvalue weighted by molar-refractivity contribution is -0.128. The molecule has 2 saturated carbocycles. The van der Waals surface area contributed by atoms with Crippen molar-refractivity contribution in [2.75, 3.05) is 13.1 Å². The smallest absolute Gasteiger partial charge is 0.237 e. The molecule has 3 nitrogen and oxygen atoms in total.